The summed E-state index contributed by atoms with van der Waals surface area (Å²) in [7, 11) is -3.62. The summed E-state index contributed by atoms with van der Waals surface area (Å²) in [6.45, 7) is 2.82. The lowest BCUT2D eigenvalue weighted by molar-refractivity contribution is -0.129. The van der Waals surface area contributed by atoms with Crippen molar-refractivity contribution in [3.8, 4) is 0 Å². The predicted octanol–water partition coefficient (Wildman–Crippen LogP) is 4.00. The van der Waals surface area contributed by atoms with Gasteiger partial charge in [-0.1, -0.05) is 49.4 Å². The average molecular weight is 415 g/mol. The Morgan fingerprint density at radius 2 is 1.76 bits per heavy atom. The van der Waals surface area contributed by atoms with E-state index in [0.29, 0.717) is 12.5 Å². The van der Waals surface area contributed by atoms with Gasteiger partial charge in [-0.2, -0.15) is 0 Å². The fourth-order valence-electron chi connectivity index (χ4n) is 4.85. The Labute approximate surface area is 173 Å². The predicted molar refractivity (Wildman–Crippen MR) is 116 cm³/mol. The Morgan fingerprint density at radius 1 is 1.03 bits per heavy atom. The molecule has 2 aliphatic rings. The van der Waals surface area contributed by atoms with Crippen LogP contribution in [0, 0.1) is 5.92 Å². The highest BCUT2D eigenvalue weighted by Gasteiger charge is 2.34. The van der Waals surface area contributed by atoms with Crippen LogP contribution in [0.3, 0.4) is 0 Å². The Hall–Kier alpha value is -1.92. The lowest BCUT2D eigenvalue weighted by Gasteiger charge is -2.28. The minimum atomic E-state index is -3.62. The number of likely N-dealkylation sites (tertiary alicyclic amines) is 1. The molecule has 156 valence electrons. The van der Waals surface area contributed by atoms with Crippen LogP contribution >= 0.6 is 0 Å². The van der Waals surface area contributed by atoms with Gasteiger partial charge in [-0.25, -0.2) is 13.1 Å². The Bertz CT molecular complexity index is 975. The van der Waals surface area contributed by atoms with E-state index in [1.54, 1.807) is 4.90 Å². The molecular weight excluding hydrogens is 384 g/mol. The van der Waals surface area contributed by atoms with Crippen LogP contribution in [-0.2, 0) is 14.8 Å². The first-order chi connectivity index (χ1) is 13.9. The number of carbonyl (C=O) groups is 1. The van der Waals surface area contributed by atoms with E-state index in [4.69, 9.17) is 0 Å². The van der Waals surface area contributed by atoms with E-state index in [2.05, 4.69) is 35.9 Å². The van der Waals surface area contributed by atoms with Gasteiger partial charge in [0, 0.05) is 12.6 Å². The lowest BCUT2D eigenvalue weighted by Crippen LogP contribution is -2.43. The van der Waals surface area contributed by atoms with Crippen LogP contribution in [-0.4, -0.2) is 37.6 Å². The minimum Gasteiger partial charge on any atom is -0.335 e. The summed E-state index contributed by atoms with van der Waals surface area (Å²) >= 11 is 0. The van der Waals surface area contributed by atoms with E-state index in [-0.39, 0.29) is 18.0 Å². The first-order valence-corrected chi connectivity index (χ1v) is 12.4. The molecule has 1 saturated carbocycles. The normalized spacial score (nSPS) is 25.4. The van der Waals surface area contributed by atoms with Crippen molar-refractivity contribution in [3.05, 3.63) is 48.0 Å². The number of fused-ring (bicyclic) bond motifs is 1. The van der Waals surface area contributed by atoms with Crippen LogP contribution in [0.1, 0.15) is 57.1 Å². The molecule has 1 atom stereocenters. The van der Waals surface area contributed by atoms with Gasteiger partial charge in [0.15, 0.2) is 0 Å². The summed E-state index contributed by atoms with van der Waals surface area (Å²) < 4.78 is 28.1. The second-order valence-electron chi connectivity index (χ2n) is 8.65. The van der Waals surface area contributed by atoms with Crippen molar-refractivity contribution in [2.75, 3.05) is 12.3 Å². The molecule has 4 rings (SSSR count). The van der Waals surface area contributed by atoms with Crippen molar-refractivity contribution in [2.45, 2.75) is 57.5 Å². The minimum absolute atomic E-state index is 0.0311. The summed E-state index contributed by atoms with van der Waals surface area (Å²) in [4.78, 5) is 14.7. The van der Waals surface area contributed by atoms with E-state index >= 15 is 0 Å². The Kier molecular flexibility index (Phi) is 5.93. The second-order valence-corrected chi connectivity index (χ2v) is 10.4. The fourth-order valence-corrected chi connectivity index (χ4v) is 6.17. The average Bonchev–Trinajstić information content (AvgIpc) is 3.18. The topological polar surface area (TPSA) is 66.5 Å². The molecule has 0 radical (unpaired) electrons. The molecule has 1 saturated heterocycles. The molecule has 1 aliphatic heterocycles. The second kappa shape index (κ2) is 8.44. The number of sulfonamides is 1. The summed E-state index contributed by atoms with van der Waals surface area (Å²) in [6.07, 6.45) is 5.56. The maximum Gasteiger partial charge on any atom is 0.239 e. The Balaban J connectivity index is 1.47. The van der Waals surface area contributed by atoms with Crippen molar-refractivity contribution in [1.82, 2.24) is 9.62 Å². The van der Waals surface area contributed by atoms with Crippen molar-refractivity contribution >= 4 is 26.7 Å². The molecule has 1 heterocycles. The summed E-state index contributed by atoms with van der Waals surface area (Å²) in [5.74, 6) is -0.0964. The van der Waals surface area contributed by atoms with Crippen LogP contribution in [0.15, 0.2) is 42.5 Å². The first kappa shape index (κ1) is 20.4. The van der Waals surface area contributed by atoms with Crippen molar-refractivity contribution in [1.29, 1.82) is 0 Å². The number of nitrogens with zero attached hydrogens (tertiary/aromatic N) is 1. The number of hydrogen-bond donors (Lipinski definition) is 1. The molecule has 6 heteroatoms. The number of rotatable bonds is 5. The number of amides is 1. The van der Waals surface area contributed by atoms with Gasteiger partial charge in [-0.3, -0.25) is 4.79 Å². The van der Waals surface area contributed by atoms with Crippen LogP contribution in [0.25, 0.3) is 10.8 Å². The maximum atomic E-state index is 13.0. The summed E-state index contributed by atoms with van der Waals surface area (Å²) in [5.41, 5.74) is 1.11. The SMILES string of the molecule is CC1CCC(NS(=O)(=O)CC(=O)N2CCCC2c2cccc3ccccc23)CC1. The standard InChI is InChI=1S/C23H30N2O3S/c1-17-11-13-19(14-12-17)24-29(27,28)16-23(26)25-15-5-10-22(25)21-9-4-7-18-6-2-3-8-20(18)21/h2-4,6-9,17,19,22,24H,5,10-16H2,1H3. The van der Waals surface area contributed by atoms with E-state index in [1.807, 2.05) is 18.2 Å². The van der Waals surface area contributed by atoms with E-state index in [9.17, 15) is 13.2 Å². The molecule has 1 amide bonds. The van der Waals surface area contributed by atoms with Crippen molar-refractivity contribution in [2.24, 2.45) is 5.92 Å². The first-order valence-electron chi connectivity index (χ1n) is 10.7. The number of nitrogens with one attached hydrogen (secondary N) is 1. The molecule has 1 unspecified atom stereocenters. The zero-order valence-corrected chi connectivity index (χ0v) is 17.8. The smallest absolute Gasteiger partial charge is 0.239 e. The maximum absolute atomic E-state index is 13.0. The third-order valence-electron chi connectivity index (χ3n) is 6.43. The van der Waals surface area contributed by atoms with Gasteiger partial charge in [0.25, 0.3) is 0 Å². The molecule has 2 aromatic rings. The molecule has 1 aliphatic carbocycles. The van der Waals surface area contributed by atoms with Crippen molar-refractivity contribution in [3.63, 3.8) is 0 Å². The number of benzene rings is 2. The molecule has 5 nitrogen and oxygen atoms in total. The number of hydrogen-bond acceptors (Lipinski definition) is 3. The van der Waals surface area contributed by atoms with Crippen molar-refractivity contribution < 1.29 is 13.2 Å². The largest absolute Gasteiger partial charge is 0.335 e. The third kappa shape index (κ3) is 4.64. The lowest BCUT2D eigenvalue weighted by atomic mass is 9.88. The van der Waals surface area contributed by atoms with Gasteiger partial charge < -0.3 is 4.90 Å². The van der Waals surface area contributed by atoms with Gasteiger partial charge in [-0.05, 0) is 60.8 Å². The molecular formula is C23H30N2O3S. The molecule has 0 spiro atoms. The molecule has 0 aromatic heterocycles. The van der Waals surface area contributed by atoms with Gasteiger partial charge >= 0.3 is 0 Å². The highest BCUT2D eigenvalue weighted by molar-refractivity contribution is 7.90. The zero-order valence-electron chi connectivity index (χ0n) is 17.0. The van der Waals surface area contributed by atoms with E-state index < -0.39 is 15.8 Å². The zero-order chi connectivity index (χ0) is 20.4. The monoisotopic (exact) mass is 414 g/mol. The van der Waals surface area contributed by atoms with Gasteiger partial charge in [-0.15, -0.1) is 0 Å². The quantitative estimate of drug-likeness (QED) is 0.804. The highest BCUT2D eigenvalue weighted by atomic mass is 32.2. The van der Waals surface area contributed by atoms with Crippen LogP contribution < -0.4 is 4.72 Å². The highest BCUT2D eigenvalue weighted by Crippen LogP contribution is 2.36. The molecule has 0 bridgehead atoms. The van der Waals surface area contributed by atoms with Crippen LogP contribution in [0.4, 0.5) is 0 Å². The van der Waals surface area contributed by atoms with Crippen LogP contribution in [0.2, 0.25) is 0 Å². The van der Waals surface area contributed by atoms with Gasteiger partial charge in [0.1, 0.15) is 5.75 Å². The third-order valence-corrected chi connectivity index (χ3v) is 7.75. The molecule has 2 aromatic carbocycles. The summed E-state index contributed by atoms with van der Waals surface area (Å²) in [6, 6.07) is 14.2. The van der Waals surface area contributed by atoms with E-state index in [1.165, 1.54) is 0 Å². The van der Waals surface area contributed by atoms with Gasteiger partial charge in [0.2, 0.25) is 15.9 Å². The van der Waals surface area contributed by atoms with Gasteiger partial charge in [0.05, 0.1) is 6.04 Å². The molecule has 29 heavy (non-hydrogen) atoms. The molecule has 2 fully saturated rings. The molecule has 1 N–H and O–H groups in total. The summed E-state index contributed by atoms with van der Waals surface area (Å²) in [5, 5.41) is 2.28. The Morgan fingerprint density at radius 3 is 2.55 bits per heavy atom. The van der Waals surface area contributed by atoms with Crippen LogP contribution in [0.5, 0.6) is 0 Å². The van der Waals surface area contributed by atoms with E-state index in [0.717, 1.165) is 54.9 Å². The fraction of sp³-hybridized carbons (Fsp3) is 0.522. The number of carbonyl (C=O) groups excluding carboxylic acids is 1.